The number of hydrogen-bond acceptors (Lipinski definition) is 1. The van der Waals surface area contributed by atoms with E-state index in [0.29, 0.717) is 5.92 Å². The van der Waals surface area contributed by atoms with Crippen LogP contribution in [-0.4, -0.2) is 11.2 Å². The largest absolute Gasteiger partial charge is 0.392 e. The molecule has 1 N–H and O–H groups in total. The summed E-state index contributed by atoms with van der Waals surface area (Å²) in [4.78, 5) is 0. The molecule has 2 aliphatic carbocycles. The predicted molar refractivity (Wildman–Crippen MR) is 65.2 cm³/mol. The van der Waals surface area contributed by atoms with Crippen LogP contribution in [0.2, 0.25) is 0 Å². The molecule has 1 fully saturated rings. The van der Waals surface area contributed by atoms with Gasteiger partial charge in [-0.15, -0.1) is 0 Å². The molecule has 0 aromatic heterocycles. The number of rotatable bonds is 1. The fourth-order valence-corrected chi connectivity index (χ4v) is 3.42. The Bertz CT molecular complexity index is 395. The van der Waals surface area contributed by atoms with Crippen LogP contribution < -0.4 is 0 Å². The third kappa shape index (κ3) is 1.35. The van der Waals surface area contributed by atoms with Crippen molar-refractivity contribution in [1.82, 2.24) is 0 Å². The smallest absolute Gasteiger partial charge is 0.0702 e. The van der Waals surface area contributed by atoms with Gasteiger partial charge in [0.1, 0.15) is 0 Å². The van der Waals surface area contributed by atoms with Gasteiger partial charge in [0.15, 0.2) is 0 Å². The van der Waals surface area contributed by atoms with Crippen LogP contribution in [0.4, 0.5) is 0 Å². The molecule has 1 heteroatoms. The van der Waals surface area contributed by atoms with Crippen LogP contribution in [0, 0.1) is 5.92 Å². The Kier molecular flexibility index (Phi) is 2.36. The lowest BCUT2D eigenvalue weighted by Gasteiger charge is -2.46. The zero-order chi connectivity index (χ0) is 11.0. The van der Waals surface area contributed by atoms with E-state index in [-0.39, 0.29) is 11.5 Å². The highest BCUT2D eigenvalue weighted by Gasteiger charge is 2.45. The molecule has 0 heterocycles. The fourth-order valence-electron chi connectivity index (χ4n) is 3.42. The van der Waals surface area contributed by atoms with E-state index < -0.39 is 0 Å². The summed E-state index contributed by atoms with van der Waals surface area (Å²) in [5, 5.41) is 10.5. The first-order chi connectivity index (χ1) is 7.83. The topological polar surface area (TPSA) is 20.2 Å². The van der Waals surface area contributed by atoms with Gasteiger partial charge in [0.2, 0.25) is 0 Å². The number of hydrogen-bond donors (Lipinski definition) is 1. The van der Waals surface area contributed by atoms with Crippen molar-refractivity contribution < 1.29 is 5.11 Å². The van der Waals surface area contributed by atoms with Gasteiger partial charge in [-0.05, 0) is 30.7 Å². The van der Waals surface area contributed by atoms with Crippen LogP contribution in [0.15, 0.2) is 42.5 Å². The normalized spacial score (nSPS) is 37.3. The molecular weight excluding hydrogens is 196 g/mol. The van der Waals surface area contributed by atoms with Crippen molar-refractivity contribution in [3.63, 3.8) is 0 Å². The highest BCUT2D eigenvalue weighted by Crippen LogP contribution is 2.47. The molecule has 0 amide bonds. The summed E-state index contributed by atoms with van der Waals surface area (Å²) in [5.74, 6) is 0.471. The predicted octanol–water partition coefficient (Wildman–Crippen LogP) is 3.05. The number of fused-ring (bicyclic) bond motifs is 2. The van der Waals surface area contributed by atoms with Gasteiger partial charge in [0.25, 0.3) is 0 Å². The maximum Gasteiger partial charge on any atom is 0.0702 e. The van der Waals surface area contributed by atoms with E-state index in [1.54, 1.807) is 0 Å². The summed E-state index contributed by atoms with van der Waals surface area (Å²) in [5.41, 5.74) is 1.19. The summed E-state index contributed by atoms with van der Waals surface area (Å²) >= 11 is 0. The van der Waals surface area contributed by atoms with Gasteiger partial charge in [-0.1, -0.05) is 48.9 Å². The highest BCUT2D eigenvalue weighted by atomic mass is 16.3. The van der Waals surface area contributed by atoms with Crippen LogP contribution in [0.5, 0.6) is 0 Å². The lowest BCUT2D eigenvalue weighted by Crippen LogP contribution is -2.47. The molecular formula is C15H18O. The third-order valence-electron chi connectivity index (χ3n) is 4.31. The van der Waals surface area contributed by atoms with E-state index in [2.05, 4.69) is 36.4 Å². The van der Waals surface area contributed by atoms with Crippen molar-refractivity contribution in [2.24, 2.45) is 5.92 Å². The Hall–Kier alpha value is -1.08. The quantitative estimate of drug-likeness (QED) is 0.712. The van der Waals surface area contributed by atoms with Gasteiger partial charge in [-0.3, -0.25) is 0 Å². The molecule has 2 bridgehead atoms. The second-order valence-corrected chi connectivity index (χ2v) is 5.14. The molecule has 1 saturated carbocycles. The van der Waals surface area contributed by atoms with Gasteiger partial charge in [0.05, 0.1) is 6.10 Å². The minimum absolute atomic E-state index is 0.0948. The Morgan fingerprint density at radius 1 is 1.19 bits per heavy atom. The molecule has 0 spiro atoms. The van der Waals surface area contributed by atoms with Gasteiger partial charge in [-0.2, -0.15) is 0 Å². The number of aliphatic hydroxyl groups excluding tert-OH is 1. The van der Waals surface area contributed by atoms with Crippen molar-refractivity contribution in [2.45, 2.75) is 37.2 Å². The number of aliphatic hydroxyl groups is 1. The van der Waals surface area contributed by atoms with Crippen molar-refractivity contribution in [3.8, 4) is 0 Å². The maximum absolute atomic E-state index is 10.5. The molecule has 84 valence electrons. The number of benzene rings is 1. The molecule has 16 heavy (non-hydrogen) atoms. The standard InChI is InChI=1S/C15H18O/c16-14-12-6-4-10-15(14,11-5-7-12)13-8-2-1-3-9-13/h1-4,8-10,12,14,16H,5-7,11H2/t12-,14+,15+/m1/s1. The minimum atomic E-state index is -0.186. The molecule has 1 aromatic carbocycles. The summed E-state index contributed by atoms with van der Waals surface area (Å²) in [6.45, 7) is 0. The minimum Gasteiger partial charge on any atom is -0.392 e. The van der Waals surface area contributed by atoms with Crippen LogP contribution in [0.1, 0.15) is 31.2 Å². The molecule has 0 aliphatic heterocycles. The molecule has 3 atom stereocenters. The van der Waals surface area contributed by atoms with Crippen LogP contribution >= 0.6 is 0 Å². The summed E-state index contributed by atoms with van der Waals surface area (Å²) < 4.78 is 0. The molecule has 1 aromatic rings. The van der Waals surface area contributed by atoms with Crippen molar-refractivity contribution >= 4 is 0 Å². The molecule has 1 nitrogen and oxygen atoms in total. The summed E-state index contributed by atoms with van der Waals surface area (Å²) in [6, 6.07) is 10.5. The van der Waals surface area contributed by atoms with Gasteiger partial charge in [-0.25, -0.2) is 0 Å². The SMILES string of the molecule is O[C@H]1[C@@H]2CC=C[C@@]1(c1ccccc1)CCC2. The molecule has 0 unspecified atom stereocenters. The Balaban J connectivity index is 2.08. The molecule has 0 radical (unpaired) electrons. The zero-order valence-corrected chi connectivity index (χ0v) is 9.47. The Morgan fingerprint density at radius 3 is 2.81 bits per heavy atom. The van der Waals surface area contributed by atoms with E-state index in [1.807, 2.05) is 6.07 Å². The summed E-state index contributed by atoms with van der Waals surface area (Å²) in [7, 11) is 0. The third-order valence-corrected chi connectivity index (χ3v) is 4.31. The average Bonchev–Trinajstić information content (AvgIpc) is 2.30. The van der Waals surface area contributed by atoms with Crippen molar-refractivity contribution in [1.29, 1.82) is 0 Å². The first kappa shape index (κ1) is 10.1. The van der Waals surface area contributed by atoms with Crippen molar-refractivity contribution in [3.05, 3.63) is 48.0 Å². The first-order valence-electron chi connectivity index (χ1n) is 6.24. The molecule has 3 rings (SSSR count). The van der Waals surface area contributed by atoms with Crippen molar-refractivity contribution in [2.75, 3.05) is 0 Å². The fraction of sp³-hybridized carbons (Fsp3) is 0.467. The number of allylic oxidation sites excluding steroid dienone is 1. The maximum atomic E-state index is 10.5. The highest BCUT2D eigenvalue weighted by molar-refractivity contribution is 5.35. The zero-order valence-electron chi connectivity index (χ0n) is 9.47. The van der Waals surface area contributed by atoms with Crippen LogP contribution in [-0.2, 0) is 5.41 Å². The molecule has 0 saturated heterocycles. The van der Waals surface area contributed by atoms with Crippen LogP contribution in [0.25, 0.3) is 0 Å². The Morgan fingerprint density at radius 2 is 2.00 bits per heavy atom. The van der Waals surface area contributed by atoms with E-state index in [9.17, 15) is 5.11 Å². The van der Waals surface area contributed by atoms with E-state index in [4.69, 9.17) is 0 Å². The van der Waals surface area contributed by atoms with E-state index in [0.717, 1.165) is 12.8 Å². The lowest BCUT2D eigenvalue weighted by atomic mass is 9.60. The lowest BCUT2D eigenvalue weighted by molar-refractivity contribution is 0.00985. The van der Waals surface area contributed by atoms with Crippen LogP contribution in [0.3, 0.4) is 0 Å². The molecule has 2 aliphatic rings. The average molecular weight is 214 g/mol. The monoisotopic (exact) mass is 214 g/mol. The summed E-state index contributed by atoms with van der Waals surface area (Å²) in [6.07, 6.45) is 8.89. The second kappa shape index (κ2) is 3.74. The van der Waals surface area contributed by atoms with Gasteiger partial charge in [0, 0.05) is 5.41 Å². The second-order valence-electron chi connectivity index (χ2n) is 5.14. The first-order valence-corrected chi connectivity index (χ1v) is 6.24. The van der Waals surface area contributed by atoms with Gasteiger partial charge < -0.3 is 5.11 Å². The van der Waals surface area contributed by atoms with E-state index in [1.165, 1.54) is 18.4 Å². The van der Waals surface area contributed by atoms with E-state index >= 15 is 0 Å². The Labute approximate surface area is 96.8 Å². The van der Waals surface area contributed by atoms with Gasteiger partial charge >= 0.3 is 0 Å².